The van der Waals surface area contributed by atoms with Crippen molar-refractivity contribution in [1.29, 1.82) is 0 Å². The summed E-state index contributed by atoms with van der Waals surface area (Å²) in [6.45, 7) is 8.34. The van der Waals surface area contributed by atoms with Crippen molar-refractivity contribution in [3.05, 3.63) is 102 Å². The molecular weight excluding hydrogens is 448 g/mol. The topological polar surface area (TPSA) is 99.1 Å². The largest absolute Gasteiger partial charge is 0.423 e. The average molecular weight is 470 g/mol. The summed E-state index contributed by atoms with van der Waals surface area (Å²) in [7, 11) is 0. The molecule has 3 aromatic rings. The molecule has 0 fully saturated rings. The van der Waals surface area contributed by atoms with E-state index in [1.165, 1.54) is 24.3 Å². The van der Waals surface area contributed by atoms with Crippen molar-refractivity contribution in [3.63, 3.8) is 0 Å². The monoisotopic (exact) mass is 470 g/mol. The quantitative estimate of drug-likeness (QED) is 0.306. The standard InChI is InChI=1S/C28H22O7/c1-4-26(30)33-20-9-11-22-23-12-10-21(14-25(23)17(3)24(22)13-20)35-28(32)18-5-7-19(8-6-18)34-27(31)16(2)15-29/h4-14,17,29H,1-2,15H2,3H3. The number of hydrogen-bond acceptors (Lipinski definition) is 7. The third kappa shape index (κ3) is 4.90. The van der Waals surface area contributed by atoms with Gasteiger partial charge >= 0.3 is 17.9 Å². The van der Waals surface area contributed by atoms with Crippen molar-refractivity contribution in [2.24, 2.45) is 0 Å². The van der Waals surface area contributed by atoms with Gasteiger partial charge < -0.3 is 19.3 Å². The molecular formula is C28H22O7. The van der Waals surface area contributed by atoms with Crippen LogP contribution in [0.4, 0.5) is 0 Å². The van der Waals surface area contributed by atoms with Gasteiger partial charge in [-0.25, -0.2) is 14.4 Å². The highest BCUT2D eigenvalue weighted by atomic mass is 16.5. The molecule has 1 N–H and O–H groups in total. The first-order chi connectivity index (χ1) is 16.8. The lowest BCUT2D eigenvalue weighted by molar-refractivity contribution is -0.131. The van der Waals surface area contributed by atoms with Gasteiger partial charge in [-0.15, -0.1) is 0 Å². The summed E-state index contributed by atoms with van der Waals surface area (Å²) >= 11 is 0. The van der Waals surface area contributed by atoms with Gasteiger partial charge in [0.1, 0.15) is 17.2 Å². The van der Waals surface area contributed by atoms with Crippen LogP contribution in [0.15, 0.2) is 85.5 Å². The minimum atomic E-state index is -0.748. The molecule has 4 rings (SSSR count). The van der Waals surface area contributed by atoms with E-state index in [0.717, 1.165) is 28.3 Å². The third-order valence-corrected chi connectivity index (χ3v) is 5.65. The number of carbonyl (C=O) groups is 3. The van der Waals surface area contributed by atoms with Gasteiger partial charge in [0.25, 0.3) is 0 Å². The van der Waals surface area contributed by atoms with Crippen LogP contribution >= 0.6 is 0 Å². The van der Waals surface area contributed by atoms with Crippen LogP contribution in [0.1, 0.15) is 34.3 Å². The highest BCUT2D eigenvalue weighted by molar-refractivity contribution is 5.92. The first kappa shape index (κ1) is 23.7. The van der Waals surface area contributed by atoms with E-state index in [4.69, 9.17) is 19.3 Å². The van der Waals surface area contributed by atoms with Crippen LogP contribution in [-0.2, 0) is 9.59 Å². The van der Waals surface area contributed by atoms with E-state index in [1.807, 2.05) is 31.2 Å². The molecule has 35 heavy (non-hydrogen) atoms. The average Bonchev–Trinajstić information content (AvgIpc) is 3.14. The molecule has 0 amide bonds. The molecule has 1 aliphatic carbocycles. The lowest BCUT2D eigenvalue weighted by Crippen LogP contribution is -2.13. The number of benzene rings is 3. The fourth-order valence-electron chi connectivity index (χ4n) is 3.81. The lowest BCUT2D eigenvalue weighted by atomic mass is 9.99. The number of esters is 3. The van der Waals surface area contributed by atoms with Crippen molar-refractivity contribution in [2.45, 2.75) is 12.8 Å². The Bertz CT molecular complexity index is 1350. The molecule has 1 aliphatic rings. The van der Waals surface area contributed by atoms with Crippen LogP contribution in [0.2, 0.25) is 0 Å². The summed E-state index contributed by atoms with van der Waals surface area (Å²) < 4.78 is 15.9. The molecule has 0 bridgehead atoms. The first-order valence-corrected chi connectivity index (χ1v) is 10.8. The molecule has 1 unspecified atom stereocenters. The van der Waals surface area contributed by atoms with E-state index in [2.05, 4.69) is 13.2 Å². The van der Waals surface area contributed by atoms with E-state index in [1.54, 1.807) is 12.1 Å². The van der Waals surface area contributed by atoms with Crippen molar-refractivity contribution in [2.75, 3.05) is 6.61 Å². The second-order valence-corrected chi connectivity index (χ2v) is 7.91. The molecule has 0 aromatic heterocycles. The SMILES string of the molecule is C=CC(=O)Oc1ccc2c(c1)C(C)c1cc(OC(=O)c3ccc(OC(=O)C(=C)CO)cc3)ccc1-2. The van der Waals surface area contributed by atoms with Crippen molar-refractivity contribution in [3.8, 4) is 28.4 Å². The Morgan fingerprint density at radius 3 is 1.94 bits per heavy atom. The highest BCUT2D eigenvalue weighted by Crippen LogP contribution is 2.47. The van der Waals surface area contributed by atoms with Crippen LogP contribution < -0.4 is 14.2 Å². The normalized spacial score (nSPS) is 13.3. The van der Waals surface area contributed by atoms with Crippen LogP contribution in [0, 0.1) is 0 Å². The Kier molecular flexibility index (Phi) is 6.62. The van der Waals surface area contributed by atoms with E-state index >= 15 is 0 Å². The Labute approximate surface area is 201 Å². The van der Waals surface area contributed by atoms with Gasteiger partial charge in [-0.3, -0.25) is 0 Å². The van der Waals surface area contributed by atoms with Crippen LogP contribution in [0.3, 0.4) is 0 Å². The smallest absolute Gasteiger partial charge is 0.343 e. The number of rotatable bonds is 7. The van der Waals surface area contributed by atoms with E-state index < -0.39 is 24.5 Å². The maximum Gasteiger partial charge on any atom is 0.343 e. The molecule has 0 aliphatic heterocycles. The molecule has 176 valence electrons. The van der Waals surface area contributed by atoms with Gasteiger partial charge in [-0.05, 0) is 70.8 Å². The maximum atomic E-state index is 12.6. The number of ether oxygens (including phenoxy) is 3. The fourth-order valence-corrected chi connectivity index (χ4v) is 3.81. The van der Waals surface area contributed by atoms with Gasteiger partial charge in [0, 0.05) is 12.0 Å². The zero-order valence-corrected chi connectivity index (χ0v) is 18.9. The van der Waals surface area contributed by atoms with Crippen molar-refractivity contribution < 1.29 is 33.7 Å². The maximum absolute atomic E-state index is 12.6. The number of aliphatic hydroxyl groups is 1. The predicted molar refractivity (Wildman–Crippen MR) is 128 cm³/mol. The Balaban J connectivity index is 1.48. The van der Waals surface area contributed by atoms with Crippen LogP contribution in [0.5, 0.6) is 17.2 Å². The number of hydrogen-bond donors (Lipinski definition) is 1. The van der Waals surface area contributed by atoms with E-state index in [9.17, 15) is 14.4 Å². The molecule has 0 radical (unpaired) electrons. The van der Waals surface area contributed by atoms with Crippen LogP contribution in [-0.4, -0.2) is 29.6 Å². The number of fused-ring (bicyclic) bond motifs is 3. The number of aliphatic hydroxyl groups excluding tert-OH is 1. The molecule has 0 saturated carbocycles. The summed E-state index contributed by atoms with van der Waals surface area (Å²) in [5.74, 6) is -0.793. The lowest BCUT2D eigenvalue weighted by Gasteiger charge is -2.10. The van der Waals surface area contributed by atoms with Gasteiger partial charge in [0.15, 0.2) is 0 Å². The molecule has 7 heteroatoms. The second-order valence-electron chi connectivity index (χ2n) is 7.91. The summed E-state index contributed by atoms with van der Waals surface area (Å²) in [5.41, 5.74) is 4.24. The van der Waals surface area contributed by atoms with Gasteiger partial charge in [0.2, 0.25) is 0 Å². The third-order valence-electron chi connectivity index (χ3n) is 5.65. The summed E-state index contributed by atoms with van der Waals surface area (Å²) in [5, 5.41) is 8.94. The number of carbonyl (C=O) groups excluding carboxylic acids is 3. The summed E-state index contributed by atoms with van der Waals surface area (Å²) in [4.78, 5) is 35.9. The Morgan fingerprint density at radius 1 is 0.857 bits per heavy atom. The molecule has 1 atom stereocenters. The molecule has 0 heterocycles. The predicted octanol–water partition coefficient (Wildman–Crippen LogP) is 4.58. The van der Waals surface area contributed by atoms with Gasteiger partial charge in [0.05, 0.1) is 17.7 Å². The fraction of sp³-hybridized carbons (Fsp3) is 0.107. The van der Waals surface area contributed by atoms with Crippen LogP contribution in [0.25, 0.3) is 11.1 Å². The van der Waals surface area contributed by atoms with E-state index in [-0.39, 0.29) is 22.8 Å². The zero-order valence-electron chi connectivity index (χ0n) is 18.9. The molecule has 0 saturated heterocycles. The van der Waals surface area contributed by atoms with Gasteiger partial charge in [-0.1, -0.05) is 32.2 Å². The minimum Gasteiger partial charge on any atom is -0.423 e. The molecule has 7 nitrogen and oxygen atoms in total. The first-order valence-electron chi connectivity index (χ1n) is 10.8. The molecule has 0 spiro atoms. The Hall–Kier alpha value is -4.49. The highest BCUT2D eigenvalue weighted by Gasteiger charge is 2.27. The zero-order chi connectivity index (χ0) is 25.1. The Morgan fingerprint density at radius 2 is 1.40 bits per heavy atom. The minimum absolute atomic E-state index is 0.00340. The molecule has 3 aromatic carbocycles. The summed E-state index contributed by atoms with van der Waals surface area (Å²) in [6, 6.07) is 16.8. The second kappa shape index (κ2) is 9.79. The summed E-state index contributed by atoms with van der Waals surface area (Å²) in [6.07, 6.45) is 1.11. The van der Waals surface area contributed by atoms with Gasteiger partial charge in [-0.2, -0.15) is 0 Å². The van der Waals surface area contributed by atoms with E-state index in [0.29, 0.717) is 11.5 Å². The van der Waals surface area contributed by atoms with Crippen molar-refractivity contribution >= 4 is 17.9 Å². The van der Waals surface area contributed by atoms with Crippen molar-refractivity contribution in [1.82, 2.24) is 0 Å².